The van der Waals surface area contributed by atoms with Crippen LogP contribution in [0.4, 0.5) is 5.95 Å². The lowest BCUT2D eigenvalue weighted by molar-refractivity contribution is 0.312. The fourth-order valence-electron chi connectivity index (χ4n) is 1.91. The van der Waals surface area contributed by atoms with Crippen LogP contribution in [0, 0.1) is 0 Å². The zero-order chi connectivity index (χ0) is 15.1. The van der Waals surface area contributed by atoms with Gasteiger partial charge in [-0.1, -0.05) is 30.3 Å². The molecule has 0 saturated carbocycles. The summed E-state index contributed by atoms with van der Waals surface area (Å²) in [6.45, 7) is 4.44. The lowest BCUT2D eigenvalue weighted by Crippen LogP contribution is -2.18. The van der Waals surface area contributed by atoms with Gasteiger partial charge in [-0.3, -0.25) is 0 Å². The predicted octanol–water partition coefficient (Wildman–Crippen LogP) is 3.36. The highest BCUT2D eigenvalue weighted by atomic mass is 35.5. The number of nitrogens with one attached hydrogen (secondary N) is 1. The van der Waals surface area contributed by atoms with Crippen molar-refractivity contribution in [1.82, 2.24) is 15.0 Å². The van der Waals surface area contributed by atoms with Gasteiger partial charge in [0, 0.05) is 6.04 Å². The van der Waals surface area contributed by atoms with Gasteiger partial charge < -0.3 is 10.1 Å². The van der Waals surface area contributed by atoms with Crippen LogP contribution in [-0.4, -0.2) is 27.6 Å². The van der Waals surface area contributed by atoms with Gasteiger partial charge in [-0.2, -0.15) is 15.0 Å². The van der Waals surface area contributed by atoms with E-state index in [2.05, 4.69) is 39.3 Å². The normalized spacial score (nSPS) is 12.0. The molecule has 0 spiro atoms. The highest BCUT2D eigenvalue weighted by molar-refractivity contribution is 6.28. The van der Waals surface area contributed by atoms with E-state index in [9.17, 15) is 0 Å². The maximum Gasteiger partial charge on any atom is 0.322 e. The second-order valence-corrected chi connectivity index (χ2v) is 5.05. The van der Waals surface area contributed by atoms with Gasteiger partial charge in [0.15, 0.2) is 0 Å². The maximum absolute atomic E-state index is 5.86. The summed E-state index contributed by atoms with van der Waals surface area (Å²) in [5.74, 6) is 0.444. The van der Waals surface area contributed by atoms with E-state index in [0.717, 1.165) is 12.8 Å². The minimum Gasteiger partial charge on any atom is -0.464 e. The third-order valence-electron chi connectivity index (χ3n) is 2.95. The van der Waals surface area contributed by atoms with E-state index >= 15 is 0 Å². The molecule has 1 aromatic carbocycles. The molecule has 112 valence electrons. The van der Waals surface area contributed by atoms with Crippen molar-refractivity contribution in [2.24, 2.45) is 0 Å². The molecule has 1 heterocycles. The molecule has 0 bridgehead atoms. The summed E-state index contributed by atoms with van der Waals surface area (Å²) < 4.78 is 5.25. The van der Waals surface area contributed by atoms with Crippen molar-refractivity contribution in [2.45, 2.75) is 32.7 Å². The van der Waals surface area contributed by atoms with Gasteiger partial charge in [-0.05, 0) is 43.9 Å². The molecule has 0 aliphatic carbocycles. The summed E-state index contributed by atoms with van der Waals surface area (Å²) in [5.41, 5.74) is 1.31. The first-order chi connectivity index (χ1) is 10.2. The van der Waals surface area contributed by atoms with Crippen molar-refractivity contribution in [2.75, 3.05) is 11.9 Å². The van der Waals surface area contributed by atoms with Crippen molar-refractivity contribution in [3.63, 3.8) is 0 Å². The summed E-state index contributed by atoms with van der Waals surface area (Å²) >= 11 is 5.86. The third kappa shape index (κ3) is 5.19. The average Bonchev–Trinajstić information content (AvgIpc) is 2.46. The van der Waals surface area contributed by atoms with Crippen molar-refractivity contribution < 1.29 is 4.74 Å². The molecule has 1 atom stereocenters. The van der Waals surface area contributed by atoms with Crippen LogP contribution < -0.4 is 10.1 Å². The van der Waals surface area contributed by atoms with E-state index in [0.29, 0.717) is 12.6 Å². The summed E-state index contributed by atoms with van der Waals surface area (Å²) in [6, 6.07) is 10.8. The van der Waals surface area contributed by atoms with Crippen LogP contribution in [-0.2, 0) is 6.42 Å². The number of anilines is 1. The number of ether oxygens (including phenoxy) is 1. The van der Waals surface area contributed by atoms with Gasteiger partial charge in [-0.25, -0.2) is 0 Å². The molecule has 21 heavy (non-hydrogen) atoms. The Balaban J connectivity index is 1.91. The molecule has 0 saturated heterocycles. The molecule has 0 radical (unpaired) electrons. The molecule has 0 aliphatic heterocycles. The molecule has 0 fully saturated rings. The van der Waals surface area contributed by atoms with Crippen LogP contribution in [0.5, 0.6) is 6.01 Å². The fourth-order valence-corrected chi connectivity index (χ4v) is 2.06. The number of halogens is 1. The second-order valence-electron chi connectivity index (χ2n) is 4.71. The van der Waals surface area contributed by atoms with E-state index in [1.165, 1.54) is 5.56 Å². The van der Waals surface area contributed by atoms with E-state index in [1.54, 1.807) is 0 Å². The first-order valence-electron chi connectivity index (χ1n) is 7.02. The lowest BCUT2D eigenvalue weighted by Gasteiger charge is -2.14. The molecule has 2 rings (SSSR count). The summed E-state index contributed by atoms with van der Waals surface area (Å²) in [6.07, 6.45) is 1.96. The molecule has 5 nitrogen and oxygen atoms in total. The highest BCUT2D eigenvalue weighted by Gasteiger charge is 2.09. The molecule has 2 aromatic rings. The number of aryl methyl sites for hydroxylation is 1. The fraction of sp³-hybridized carbons (Fsp3) is 0.400. The number of hydrogen-bond acceptors (Lipinski definition) is 5. The number of hydrogen-bond donors (Lipinski definition) is 1. The van der Waals surface area contributed by atoms with Crippen molar-refractivity contribution in [3.05, 3.63) is 41.2 Å². The van der Waals surface area contributed by atoms with Crippen molar-refractivity contribution in [3.8, 4) is 6.01 Å². The molecule has 6 heteroatoms. The van der Waals surface area contributed by atoms with Gasteiger partial charge in [0.05, 0.1) is 6.61 Å². The number of nitrogens with zero attached hydrogens (tertiary/aromatic N) is 3. The number of aromatic nitrogens is 3. The van der Waals surface area contributed by atoms with E-state index < -0.39 is 0 Å². The molecular weight excluding hydrogens is 288 g/mol. The van der Waals surface area contributed by atoms with Gasteiger partial charge >= 0.3 is 6.01 Å². The molecule has 1 unspecified atom stereocenters. The molecule has 1 aromatic heterocycles. The second kappa shape index (κ2) is 7.78. The Morgan fingerprint density at radius 1 is 1.19 bits per heavy atom. The Kier molecular flexibility index (Phi) is 5.75. The van der Waals surface area contributed by atoms with Crippen molar-refractivity contribution in [1.29, 1.82) is 0 Å². The standard InChI is InChI=1S/C15H19ClN4O/c1-3-21-15-19-13(16)18-14(20-15)17-11(2)9-10-12-7-5-4-6-8-12/h4-8,11H,3,9-10H2,1-2H3,(H,17,18,19,20). The Labute approximate surface area is 129 Å². The molecule has 0 amide bonds. The first-order valence-corrected chi connectivity index (χ1v) is 7.40. The summed E-state index contributed by atoms with van der Waals surface area (Å²) in [7, 11) is 0. The van der Waals surface area contributed by atoms with Crippen LogP contribution in [0.25, 0.3) is 0 Å². The van der Waals surface area contributed by atoms with E-state index in [-0.39, 0.29) is 17.3 Å². The van der Waals surface area contributed by atoms with Crippen LogP contribution in [0.3, 0.4) is 0 Å². The van der Waals surface area contributed by atoms with Gasteiger partial charge in [0.1, 0.15) is 0 Å². The summed E-state index contributed by atoms with van der Waals surface area (Å²) in [5, 5.41) is 3.36. The lowest BCUT2D eigenvalue weighted by atomic mass is 10.1. The molecule has 0 aliphatic rings. The molecular formula is C15H19ClN4O. The van der Waals surface area contributed by atoms with Crippen LogP contribution in [0.15, 0.2) is 30.3 Å². The number of benzene rings is 1. The Morgan fingerprint density at radius 3 is 2.67 bits per heavy atom. The highest BCUT2D eigenvalue weighted by Crippen LogP contribution is 2.13. The number of rotatable bonds is 7. The van der Waals surface area contributed by atoms with Gasteiger partial charge in [-0.15, -0.1) is 0 Å². The van der Waals surface area contributed by atoms with E-state index in [4.69, 9.17) is 16.3 Å². The largest absolute Gasteiger partial charge is 0.464 e. The Hall–Kier alpha value is -1.88. The van der Waals surface area contributed by atoms with Gasteiger partial charge in [0.25, 0.3) is 0 Å². The monoisotopic (exact) mass is 306 g/mol. The Bertz CT molecular complexity index is 565. The maximum atomic E-state index is 5.86. The van der Waals surface area contributed by atoms with Crippen LogP contribution >= 0.6 is 11.6 Å². The first kappa shape index (κ1) is 15.5. The van der Waals surface area contributed by atoms with E-state index in [1.807, 2.05) is 25.1 Å². The average molecular weight is 307 g/mol. The Morgan fingerprint density at radius 2 is 1.95 bits per heavy atom. The van der Waals surface area contributed by atoms with Crippen molar-refractivity contribution >= 4 is 17.5 Å². The zero-order valence-electron chi connectivity index (χ0n) is 12.2. The van der Waals surface area contributed by atoms with Gasteiger partial charge in [0.2, 0.25) is 11.2 Å². The quantitative estimate of drug-likeness (QED) is 0.850. The topological polar surface area (TPSA) is 59.9 Å². The van der Waals surface area contributed by atoms with Crippen LogP contribution in [0.2, 0.25) is 5.28 Å². The minimum atomic E-state index is 0.131. The third-order valence-corrected chi connectivity index (χ3v) is 3.11. The molecule has 1 N–H and O–H groups in total. The van der Waals surface area contributed by atoms with Crippen LogP contribution in [0.1, 0.15) is 25.8 Å². The smallest absolute Gasteiger partial charge is 0.322 e. The SMILES string of the molecule is CCOc1nc(Cl)nc(NC(C)CCc2ccccc2)n1. The predicted molar refractivity (Wildman–Crippen MR) is 83.9 cm³/mol. The summed E-state index contributed by atoms with van der Waals surface area (Å²) in [4.78, 5) is 12.1. The minimum absolute atomic E-state index is 0.131. The zero-order valence-corrected chi connectivity index (χ0v) is 13.0.